The molecule has 0 aliphatic heterocycles. The van der Waals surface area contributed by atoms with Gasteiger partial charge in [0.15, 0.2) is 0 Å². The summed E-state index contributed by atoms with van der Waals surface area (Å²) in [6.07, 6.45) is 10.4. The molecule has 8 rings (SSSR count). The first-order valence-corrected chi connectivity index (χ1v) is 18.8. The molecule has 0 spiro atoms. The number of halogens is 2. The molecule has 0 saturated heterocycles. The Morgan fingerprint density at radius 3 is 2.25 bits per heavy atom. The van der Waals surface area contributed by atoms with Crippen LogP contribution in [0.1, 0.15) is 106 Å². The minimum atomic E-state index is -2.81. The Balaban J connectivity index is 0.000000174. The number of aryl methyl sites for hydroxylation is 4. The van der Waals surface area contributed by atoms with Crippen molar-refractivity contribution >= 4 is 23.2 Å². The van der Waals surface area contributed by atoms with Crippen molar-refractivity contribution in [2.45, 2.75) is 77.2 Å². The van der Waals surface area contributed by atoms with Crippen LogP contribution in [-0.2, 0) is 27.1 Å². The first-order valence-electron chi connectivity index (χ1n) is 18.8. The Morgan fingerprint density at radius 1 is 0.868 bits per heavy atom. The zero-order valence-corrected chi connectivity index (χ0v) is 30.7. The van der Waals surface area contributed by atoms with Crippen LogP contribution in [-0.4, -0.2) is 31.4 Å². The zero-order valence-electron chi connectivity index (χ0n) is 30.7. The molecule has 3 fully saturated rings. The lowest BCUT2D eigenvalue weighted by molar-refractivity contribution is 0.0969. The van der Waals surface area contributed by atoms with Crippen LogP contribution in [0.2, 0.25) is 0 Å². The average Bonchev–Trinajstić information content (AvgIpc) is 4.05. The largest absolute Gasteiger partial charge is 0.322 e. The summed E-state index contributed by atoms with van der Waals surface area (Å²) in [5.74, 6) is 2.37. The second-order valence-corrected chi connectivity index (χ2v) is 14.9. The van der Waals surface area contributed by atoms with E-state index in [1.165, 1.54) is 55.0 Å². The van der Waals surface area contributed by atoms with Crippen molar-refractivity contribution in [3.63, 3.8) is 0 Å². The van der Waals surface area contributed by atoms with Crippen molar-refractivity contribution in [3.8, 4) is 0 Å². The Labute approximate surface area is 310 Å². The fourth-order valence-corrected chi connectivity index (χ4v) is 7.53. The smallest absolute Gasteiger partial charge is 0.282 e. The lowest BCUT2D eigenvalue weighted by Gasteiger charge is -2.26. The van der Waals surface area contributed by atoms with Crippen molar-refractivity contribution in [1.29, 1.82) is 0 Å². The molecule has 3 saturated carbocycles. The molecule has 2 aromatic heterocycles. The zero-order chi connectivity index (χ0) is 37.1. The third kappa shape index (κ3) is 8.92. The summed E-state index contributed by atoms with van der Waals surface area (Å²) < 4.78 is 30.2. The molecule has 3 aromatic carbocycles. The molecule has 2 amide bonds. The van der Waals surface area contributed by atoms with Gasteiger partial charge >= 0.3 is 0 Å². The molecule has 53 heavy (non-hydrogen) atoms. The number of carbonyl (C=O) groups is 2. The van der Waals surface area contributed by atoms with E-state index in [4.69, 9.17) is 0 Å². The highest BCUT2D eigenvalue weighted by Crippen LogP contribution is 2.60. The molecule has 8 nitrogen and oxygen atoms in total. The molecule has 10 heteroatoms. The molecular formula is C43H48F2N6O2. The van der Waals surface area contributed by atoms with E-state index in [-0.39, 0.29) is 11.5 Å². The first-order chi connectivity index (χ1) is 25.7. The lowest BCUT2D eigenvalue weighted by atomic mass is 10.0. The van der Waals surface area contributed by atoms with Crippen LogP contribution >= 0.6 is 0 Å². The Bertz CT molecular complexity index is 2050. The third-order valence-corrected chi connectivity index (χ3v) is 10.7. The van der Waals surface area contributed by atoms with E-state index in [1.807, 2.05) is 80.7 Å². The number of hydrogen-bond donors (Lipinski definition) is 1. The summed E-state index contributed by atoms with van der Waals surface area (Å²) in [4.78, 5) is 27.7. The van der Waals surface area contributed by atoms with Gasteiger partial charge in [0.25, 0.3) is 18.2 Å². The summed E-state index contributed by atoms with van der Waals surface area (Å²) in [6.45, 7) is 2.17. The summed E-state index contributed by atoms with van der Waals surface area (Å²) in [5, 5.41) is 11.1. The molecule has 5 aromatic rings. The van der Waals surface area contributed by atoms with Gasteiger partial charge in [-0.05, 0) is 91.5 Å². The fourth-order valence-electron chi connectivity index (χ4n) is 7.53. The van der Waals surface area contributed by atoms with E-state index in [2.05, 4.69) is 27.6 Å². The number of benzene rings is 3. The number of rotatable bonds is 13. The second kappa shape index (κ2) is 15.9. The van der Waals surface area contributed by atoms with Crippen LogP contribution in [0.3, 0.4) is 0 Å². The topological polar surface area (TPSA) is 85.0 Å². The molecule has 276 valence electrons. The van der Waals surface area contributed by atoms with E-state index >= 15 is 0 Å². The van der Waals surface area contributed by atoms with Crippen molar-refractivity contribution in [2.75, 3.05) is 10.2 Å². The molecule has 1 N–H and O–H groups in total. The number of nitrogens with zero attached hydrogens (tertiary/aromatic N) is 5. The summed E-state index contributed by atoms with van der Waals surface area (Å²) in [6, 6.07) is 25.7. The molecule has 3 aliphatic rings. The van der Waals surface area contributed by atoms with Crippen molar-refractivity contribution < 1.29 is 18.4 Å². The molecule has 0 radical (unpaired) electrons. The minimum Gasteiger partial charge on any atom is -0.322 e. The molecule has 3 aliphatic carbocycles. The SMILES string of the molecule is Cc1nn(C)cc1C(=O)Nc1ccccc1CCCC1CC1.Cn1cc(C(=O)N(Cc2ccccc2)c2ccccc2C2CC2C2CC2)c(C(F)F)n1. The van der Waals surface area contributed by atoms with Gasteiger partial charge in [-0.15, -0.1) is 0 Å². The second-order valence-electron chi connectivity index (χ2n) is 14.9. The monoisotopic (exact) mass is 718 g/mol. The maximum Gasteiger partial charge on any atom is 0.282 e. The van der Waals surface area contributed by atoms with Crippen LogP contribution in [0.25, 0.3) is 0 Å². The van der Waals surface area contributed by atoms with Gasteiger partial charge in [-0.1, -0.05) is 86.0 Å². The molecule has 0 bridgehead atoms. The number of para-hydroxylation sites is 2. The van der Waals surface area contributed by atoms with Gasteiger partial charge in [0.1, 0.15) is 5.69 Å². The molecular weight excluding hydrogens is 671 g/mol. The van der Waals surface area contributed by atoms with Gasteiger partial charge in [-0.2, -0.15) is 10.2 Å². The Kier molecular flexibility index (Phi) is 10.8. The predicted octanol–water partition coefficient (Wildman–Crippen LogP) is 9.43. The van der Waals surface area contributed by atoms with Gasteiger partial charge in [-0.3, -0.25) is 19.0 Å². The molecule has 2 unspecified atom stereocenters. The fraction of sp³-hybridized carbons (Fsp3) is 0.395. The number of carbonyl (C=O) groups excluding carboxylic acids is 2. The number of aromatic nitrogens is 4. The van der Waals surface area contributed by atoms with Gasteiger partial charge in [-0.25, -0.2) is 8.78 Å². The molecule has 2 atom stereocenters. The van der Waals surface area contributed by atoms with E-state index in [0.29, 0.717) is 23.9 Å². The van der Waals surface area contributed by atoms with Crippen LogP contribution in [0.5, 0.6) is 0 Å². The van der Waals surface area contributed by atoms with Crippen LogP contribution in [0.15, 0.2) is 91.3 Å². The van der Waals surface area contributed by atoms with Gasteiger partial charge in [0, 0.05) is 37.9 Å². The number of anilines is 2. The summed E-state index contributed by atoms with van der Waals surface area (Å²) in [7, 11) is 3.39. The number of nitrogens with one attached hydrogen (secondary N) is 1. The lowest BCUT2D eigenvalue weighted by Crippen LogP contribution is -2.31. The van der Waals surface area contributed by atoms with Crippen LogP contribution in [0, 0.1) is 24.7 Å². The highest BCUT2D eigenvalue weighted by Gasteiger charge is 2.49. The van der Waals surface area contributed by atoms with E-state index in [1.54, 1.807) is 22.8 Å². The highest BCUT2D eigenvalue weighted by atomic mass is 19.3. The van der Waals surface area contributed by atoms with E-state index < -0.39 is 18.0 Å². The maximum absolute atomic E-state index is 13.7. The first kappa shape index (κ1) is 36.2. The van der Waals surface area contributed by atoms with Gasteiger partial charge in [0.05, 0.1) is 23.4 Å². The minimum absolute atomic E-state index is 0.0437. The Morgan fingerprint density at radius 2 is 1.55 bits per heavy atom. The summed E-state index contributed by atoms with van der Waals surface area (Å²) >= 11 is 0. The summed E-state index contributed by atoms with van der Waals surface area (Å²) in [5.41, 5.74) is 5.93. The normalized spacial score (nSPS) is 17.6. The van der Waals surface area contributed by atoms with Crippen molar-refractivity contribution in [3.05, 3.63) is 130 Å². The van der Waals surface area contributed by atoms with Crippen molar-refractivity contribution in [1.82, 2.24) is 19.6 Å². The van der Waals surface area contributed by atoms with Gasteiger partial charge in [0.2, 0.25) is 0 Å². The third-order valence-electron chi connectivity index (χ3n) is 10.7. The predicted molar refractivity (Wildman–Crippen MR) is 203 cm³/mol. The number of amides is 2. The number of hydrogen-bond acceptors (Lipinski definition) is 4. The van der Waals surface area contributed by atoms with Crippen LogP contribution < -0.4 is 10.2 Å². The van der Waals surface area contributed by atoms with Crippen molar-refractivity contribution in [2.24, 2.45) is 31.8 Å². The average molecular weight is 719 g/mol. The van der Waals surface area contributed by atoms with E-state index in [0.717, 1.165) is 52.9 Å². The maximum atomic E-state index is 13.7. The molecule has 2 heterocycles. The quantitative estimate of drug-likeness (QED) is 0.132. The van der Waals surface area contributed by atoms with Gasteiger partial charge < -0.3 is 10.2 Å². The van der Waals surface area contributed by atoms with Crippen LogP contribution in [0.4, 0.5) is 20.2 Å². The standard InChI is InChI=1S/C25H25F2N3O.C18H23N3O/c1-29-15-21(23(28-29)24(26)27)25(31)30(14-16-7-3-2-4-8-16)22-10-6-5-9-18(22)20-13-19(20)17-11-12-17;1-13-16(12-21(2)20-13)18(22)19-17-9-4-3-7-15(17)8-5-6-14-10-11-14/h2-10,15,17,19-20,24H,11-14H2,1H3;3-4,7,9,12,14H,5-6,8,10-11H2,1-2H3,(H,19,22). The van der Waals surface area contributed by atoms with E-state index in [9.17, 15) is 18.4 Å². The highest BCUT2D eigenvalue weighted by molar-refractivity contribution is 6.07. The number of alkyl halides is 2. The Hall–Kier alpha value is -5.12.